The fourth-order valence-corrected chi connectivity index (χ4v) is 3.86. The molecule has 3 aromatic rings. The summed E-state index contributed by atoms with van der Waals surface area (Å²) in [7, 11) is 0. The minimum Gasteiger partial charge on any atom is -0.378 e. The molecule has 0 saturated carbocycles. The molecule has 0 unspecified atom stereocenters. The molecule has 0 atom stereocenters. The summed E-state index contributed by atoms with van der Waals surface area (Å²) in [6, 6.07) is 21.7. The van der Waals surface area contributed by atoms with E-state index in [9.17, 15) is 4.79 Å². The Kier molecular flexibility index (Phi) is 7.30. The van der Waals surface area contributed by atoms with Gasteiger partial charge in [0.05, 0.1) is 19.1 Å². The molecule has 7 nitrogen and oxygen atoms in total. The third-order valence-corrected chi connectivity index (χ3v) is 5.42. The lowest BCUT2D eigenvalue weighted by atomic mass is 9.90. The van der Waals surface area contributed by atoms with Gasteiger partial charge in [0.15, 0.2) is 0 Å². The van der Waals surface area contributed by atoms with E-state index in [1.165, 1.54) is 0 Å². The lowest BCUT2D eigenvalue weighted by Gasteiger charge is -2.28. The Balaban J connectivity index is 1.36. The summed E-state index contributed by atoms with van der Waals surface area (Å²) >= 11 is 0. The number of rotatable bonds is 8. The molecule has 0 bridgehead atoms. The number of benzene rings is 2. The number of hydrogen-bond donors (Lipinski definition) is 2. The first-order chi connectivity index (χ1) is 15.7. The van der Waals surface area contributed by atoms with E-state index in [2.05, 4.69) is 25.5 Å². The van der Waals surface area contributed by atoms with Crippen molar-refractivity contribution in [2.45, 2.75) is 12.8 Å². The molecule has 1 fully saturated rings. The first-order valence-electron chi connectivity index (χ1n) is 11.0. The van der Waals surface area contributed by atoms with Crippen molar-refractivity contribution in [2.75, 3.05) is 49.6 Å². The average Bonchev–Trinajstić information content (AvgIpc) is 2.84. The van der Waals surface area contributed by atoms with E-state index in [4.69, 9.17) is 4.74 Å². The molecule has 1 aliphatic rings. The zero-order chi connectivity index (χ0) is 22.2. The van der Waals surface area contributed by atoms with Crippen LogP contribution in [-0.2, 0) is 9.53 Å². The molecule has 7 heteroatoms. The minimum atomic E-state index is -0.341. The van der Waals surface area contributed by atoms with Crippen LogP contribution in [-0.4, -0.2) is 55.3 Å². The third-order valence-electron chi connectivity index (χ3n) is 5.42. The number of hydrogen-bond acceptors (Lipinski definition) is 6. The molecular formula is C25H29N5O2. The summed E-state index contributed by atoms with van der Waals surface area (Å²) in [5.41, 5.74) is 1.96. The lowest BCUT2D eigenvalue weighted by molar-refractivity contribution is -0.121. The molecular weight excluding hydrogens is 402 g/mol. The van der Waals surface area contributed by atoms with Gasteiger partial charge in [-0.05, 0) is 18.1 Å². The topological polar surface area (TPSA) is 79.4 Å². The van der Waals surface area contributed by atoms with Crippen molar-refractivity contribution in [2.24, 2.45) is 0 Å². The predicted molar refractivity (Wildman–Crippen MR) is 126 cm³/mol. The van der Waals surface area contributed by atoms with Gasteiger partial charge in [0.1, 0.15) is 17.5 Å². The van der Waals surface area contributed by atoms with Gasteiger partial charge in [-0.2, -0.15) is 0 Å². The van der Waals surface area contributed by atoms with Gasteiger partial charge >= 0.3 is 0 Å². The van der Waals surface area contributed by atoms with Gasteiger partial charge in [-0.25, -0.2) is 9.97 Å². The second-order valence-corrected chi connectivity index (χ2v) is 7.73. The van der Waals surface area contributed by atoms with Crippen LogP contribution >= 0.6 is 0 Å². The summed E-state index contributed by atoms with van der Waals surface area (Å²) in [4.78, 5) is 24.3. The fourth-order valence-electron chi connectivity index (χ4n) is 3.86. The van der Waals surface area contributed by atoms with Gasteiger partial charge in [0.2, 0.25) is 5.91 Å². The van der Waals surface area contributed by atoms with Crippen LogP contribution in [0.2, 0.25) is 0 Å². The highest BCUT2D eigenvalue weighted by atomic mass is 16.5. The number of ether oxygens (including phenoxy) is 1. The van der Waals surface area contributed by atoms with Crippen LogP contribution in [0.25, 0.3) is 0 Å². The Hall–Kier alpha value is -3.45. The van der Waals surface area contributed by atoms with Crippen molar-refractivity contribution in [3.63, 3.8) is 0 Å². The van der Waals surface area contributed by atoms with E-state index >= 15 is 0 Å². The van der Waals surface area contributed by atoms with Crippen molar-refractivity contribution >= 4 is 17.5 Å². The van der Waals surface area contributed by atoms with Crippen LogP contribution < -0.4 is 15.5 Å². The number of amides is 1. The van der Waals surface area contributed by atoms with Crippen molar-refractivity contribution in [1.82, 2.24) is 15.3 Å². The molecule has 32 heavy (non-hydrogen) atoms. The van der Waals surface area contributed by atoms with Crippen molar-refractivity contribution in [3.8, 4) is 0 Å². The molecule has 1 aromatic heterocycles. The van der Waals surface area contributed by atoms with Crippen LogP contribution in [0, 0.1) is 6.92 Å². The Labute approximate surface area is 188 Å². The highest BCUT2D eigenvalue weighted by molar-refractivity contribution is 5.87. The number of nitrogens with one attached hydrogen (secondary N) is 2. The maximum atomic E-state index is 13.1. The molecule has 1 amide bonds. The smallest absolute Gasteiger partial charge is 0.232 e. The Morgan fingerprint density at radius 1 is 0.969 bits per heavy atom. The van der Waals surface area contributed by atoms with Crippen molar-refractivity contribution < 1.29 is 9.53 Å². The second kappa shape index (κ2) is 10.7. The Morgan fingerprint density at radius 2 is 1.59 bits per heavy atom. The normalized spacial score (nSPS) is 13.8. The summed E-state index contributed by atoms with van der Waals surface area (Å²) < 4.78 is 5.43. The predicted octanol–water partition coefficient (Wildman–Crippen LogP) is 2.98. The number of carbonyl (C=O) groups is 1. The van der Waals surface area contributed by atoms with E-state index in [1.54, 1.807) is 0 Å². The largest absolute Gasteiger partial charge is 0.378 e. The van der Waals surface area contributed by atoms with Gasteiger partial charge in [-0.1, -0.05) is 60.7 Å². The Bertz CT molecular complexity index is 968. The second-order valence-electron chi connectivity index (χ2n) is 7.73. The maximum Gasteiger partial charge on any atom is 0.232 e. The number of aromatic nitrogens is 2. The molecule has 1 saturated heterocycles. The van der Waals surface area contributed by atoms with E-state index in [0.717, 1.165) is 35.9 Å². The average molecular weight is 432 g/mol. The summed E-state index contributed by atoms with van der Waals surface area (Å²) in [5.74, 6) is 2.02. The zero-order valence-corrected chi connectivity index (χ0v) is 18.3. The molecule has 0 aliphatic carbocycles. The van der Waals surface area contributed by atoms with Gasteiger partial charge < -0.3 is 20.3 Å². The number of anilines is 2. The quantitative estimate of drug-likeness (QED) is 0.534. The molecule has 166 valence electrons. The van der Waals surface area contributed by atoms with Crippen LogP contribution in [0.3, 0.4) is 0 Å². The van der Waals surface area contributed by atoms with Crippen LogP contribution in [0.4, 0.5) is 11.6 Å². The van der Waals surface area contributed by atoms with E-state index < -0.39 is 0 Å². The number of morpholine rings is 1. The minimum absolute atomic E-state index is 0.0166. The maximum absolute atomic E-state index is 13.1. The number of aryl methyl sites for hydroxylation is 1. The summed E-state index contributed by atoms with van der Waals surface area (Å²) in [6.07, 6.45) is 0. The molecule has 0 spiro atoms. The SMILES string of the molecule is Cc1nc(NCCNC(=O)C(c2ccccc2)c2ccccc2)cc(N2CCOCC2)n1. The first-order valence-corrected chi connectivity index (χ1v) is 11.0. The molecule has 0 radical (unpaired) electrons. The molecule has 4 rings (SSSR count). The van der Waals surface area contributed by atoms with Crippen LogP contribution in [0.5, 0.6) is 0 Å². The molecule has 2 heterocycles. The van der Waals surface area contributed by atoms with Crippen molar-refractivity contribution in [1.29, 1.82) is 0 Å². The van der Waals surface area contributed by atoms with Crippen LogP contribution in [0.15, 0.2) is 66.7 Å². The zero-order valence-electron chi connectivity index (χ0n) is 18.3. The Morgan fingerprint density at radius 3 is 2.22 bits per heavy atom. The lowest BCUT2D eigenvalue weighted by Crippen LogP contribution is -2.37. The van der Waals surface area contributed by atoms with E-state index in [0.29, 0.717) is 32.1 Å². The van der Waals surface area contributed by atoms with Crippen LogP contribution in [0.1, 0.15) is 22.9 Å². The molecule has 2 N–H and O–H groups in total. The highest BCUT2D eigenvalue weighted by Gasteiger charge is 2.22. The van der Waals surface area contributed by atoms with E-state index in [-0.39, 0.29) is 11.8 Å². The van der Waals surface area contributed by atoms with Crippen molar-refractivity contribution in [3.05, 3.63) is 83.7 Å². The van der Waals surface area contributed by atoms with Gasteiger partial charge in [0, 0.05) is 32.2 Å². The van der Waals surface area contributed by atoms with E-state index in [1.807, 2.05) is 73.7 Å². The summed E-state index contributed by atoms with van der Waals surface area (Å²) in [5, 5.41) is 6.39. The van der Waals surface area contributed by atoms with Gasteiger partial charge in [-0.3, -0.25) is 4.79 Å². The fraction of sp³-hybridized carbons (Fsp3) is 0.320. The molecule has 2 aromatic carbocycles. The number of nitrogens with zero attached hydrogens (tertiary/aromatic N) is 3. The van der Waals surface area contributed by atoms with Gasteiger partial charge in [-0.15, -0.1) is 0 Å². The monoisotopic (exact) mass is 431 g/mol. The highest BCUT2D eigenvalue weighted by Crippen LogP contribution is 2.24. The number of carbonyl (C=O) groups excluding carboxylic acids is 1. The van der Waals surface area contributed by atoms with Gasteiger partial charge in [0.25, 0.3) is 0 Å². The first kappa shape index (κ1) is 21.8. The third kappa shape index (κ3) is 5.62. The molecule has 1 aliphatic heterocycles. The summed E-state index contributed by atoms with van der Waals surface area (Å²) in [6.45, 7) is 6.02. The standard InChI is InChI=1S/C25H29N5O2/c1-19-28-22(18-23(29-19)30-14-16-32-17-15-30)26-12-13-27-25(31)24(20-8-4-2-5-9-20)21-10-6-3-7-11-21/h2-11,18,24H,12-17H2,1H3,(H,27,31)(H,26,28,29).